The van der Waals surface area contributed by atoms with Gasteiger partial charge in [-0.15, -0.1) is 0 Å². The molecule has 0 aliphatic rings. The molecule has 120 valence electrons. The zero-order valence-electron chi connectivity index (χ0n) is 11.3. The zero-order chi connectivity index (χ0) is 17.1. The fourth-order valence-electron chi connectivity index (χ4n) is 1.54. The first-order chi connectivity index (χ1) is 10.9. The molecule has 0 unspecified atom stereocenters. The molecular weight excluding hydrogens is 390 g/mol. The molecule has 0 aromatic carbocycles. The molecular formula is C13H6Cl4N2O4. The highest BCUT2D eigenvalue weighted by Gasteiger charge is 2.24. The van der Waals surface area contributed by atoms with Crippen LogP contribution in [0.4, 0.5) is 0 Å². The highest BCUT2D eigenvalue weighted by atomic mass is 35.5. The van der Waals surface area contributed by atoms with Gasteiger partial charge < -0.3 is 9.47 Å². The van der Waals surface area contributed by atoms with Crippen molar-refractivity contribution in [3.63, 3.8) is 0 Å². The van der Waals surface area contributed by atoms with Crippen LogP contribution in [-0.2, 0) is 4.74 Å². The summed E-state index contributed by atoms with van der Waals surface area (Å²) < 4.78 is 9.61. The Morgan fingerprint density at radius 3 is 2.26 bits per heavy atom. The molecule has 6 nitrogen and oxygen atoms in total. The predicted octanol–water partition coefficient (Wildman–Crippen LogP) is 4.10. The quantitative estimate of drug-likeness (QED) is 0.575. The smallest absolute Gasteiger partial charge is 0.348 e. The lowest BCUT2D eigenvalue weighted by Gasteiger charge is -2.10. The molecule has 0 spiro atoms. The van der Waals surface area contributed by atoms with Crippen LogP contribution in [0.15, 0.2) is 18.5 Å². The second kappa shape index (κ2) is 7.31. The number of ether oxygens (including phenoxy) is 2. The number of carbonyl (C=O) groups excluding carboxylic acids is 2. The molecule has 10 heteroatoms. The highest BCUT2D eigenvalue weighted by molar-refractivity contribution is 6.40. The second-order valence-corrected chi connectivity index (χ2v) is 5.44. The molecule has 0 atom stereocenters. The first-order valence-electron chi connectivity index (χ1n) is 5.81. The standard InChI is InChI=1S/C13H6Cl4N2O4/c1-22-12(20)8-9(15)6(4-19-11(8)17)23-13(21)7-5(14)2-3-18-10(7)16/h2-4H,1H3. The fraction of sp³-hybridized carbons (Fsp3) is 0.0769. The van der Waals surface area contributed by atoms with Gasteiger partial charge in [0.05, 0.1) is 18.3 Å². The summed E-state index contributed by atoms with van der Waals surface area (Å²) in [5.41, 5.74) is -0.383. The van der Waals surface area contributed by atoms with Crippen LogP contribution >= 0.6 is 46.4 Å². The van der Waals surface area contributed by atoms with Gasteiger partial charge in [-0.25, -0.2) is 19.6 Å². The lowest BCUT2D eigenvalue weighted by atomic mass is 10.2. The maximum atomic E-state index is 12.2. The maximum absolute atomic E-state index is 12.2. The average Bonchev–Trinajstić information content (AvgIpc) is 2.50. The fourth-order valence-corrected chi connectivity index (χ4v) is 2.57. The van der Waals surface area contributed by atoms with Crippen LogP contribution in [0.5, 0.6) is 5.75 Å². The van der Waals surface area contributed by atoms with Gasteiger partial charge in [-0.05, 0) is 6.07 Å². The Hall–Kier alpha value is -1.60. The minimum absolute atomic E-state index is 0.0428. The largest absolute Gasteiger partial charge is 0.465 e. The van der Waals surface area contributed by atoms with Crippen LogP contribution in [0.2, 0.25) is 20.4 Å². The van der Waals surface area contributed by atoms with E-state index in [-0.39, 0.29) is 37.2 Å². The maximum Gasteiger partial charge on any atom is 0.348 e. The summed E-state index contributed by atoms with van der Waals surface area (Å²) in [6, 6.07) is 1.37. The van der Waals surface area contributed by atoms with E-state index in [9.17, 15) is 9.59 Å². The number of hydrogen-bond donors (Lipinski definition) is 0. The third-order valence-electron chi connectivity index (χ3n) is 2.59. The van der Waals surface area contributed by atoms with Crippen molar-refractivity contribution in [2.24, 2.45) is 0 Å². The molecule has 0 radical (unpaired) electrons. The molecule has 0 bridgehead atoms. The first kappa shape index (κ1) is 17.7. The van der Waals surface area contributed by atoms with Gasteiger partial charge in [0.15, 0.2) is 5.75 Å². The van der Waals surface area contributed by atoms with Crippen LogP contribution in [0.1, 0.15) is 20.7 Å². The van der Waals surface area contributed by atoms with Gasteiger partial charge in [0, 0.05) is 6.20 Å². The van der Waals surface area contributed by atoms with E-state index in [1.54, 1.807) is 0 Å². The van der Waals surface area contributed by atoms with Gasteiger partial charge >= 0.3 is 11.9 Å². The number of halogens is 4. The third-order valence-corrected chi connectivity index (χ3v) is 3.85. The van der Waals surface area contributed by atoms with E-state index < -0.39 is 11.9 Å². The van der Waals surface area contributed by atoms with Crippen molar-refractivity contribution in [1.29, 1.82) is 0 Å². The molecule has 0 saturated carbocycles. The van der Waals surface area contributed by atoms with Crippen LogP contribution in [-0.4, -0.2) is 29.0 Å². The van der Waals surface area contributed by atoms with E-state index in [0.717, 1.165) is 13.3 Å². The molecule has 23 heavy (non-hydrogen) atoms. The van der Waals surface area contributed by atoms with E-state index in [2.05, 4.69) is 14.7 Å². The van der Waals surface area contributed by atoms with Crippen molar-refractivity contribution < 1.29 is 19.1 Å². The number of esters is 2. The van der Waals surface area contributed by atoms with E-state index in [1.165, 1.54) is 12.3 Å². The lowest BCUT2D eigenvalue weighted by Crippen LogP contribution is -2.13. The molecule has 2 aromatic heterocycles. The van der Waals surface area contributed by atoms with Crippen molar-refractivity contribution in [2.75, 3.05) is 7.11 Å². The van der Waals surface area contributed by atoms with E-state index in [4.69, 9.17) is 51.1 Å². The van der Waals surface area contributed by atoms with Crippen molar-refractivity contribution >= 4 is 58.3 Å². The first-order valence-corrected chi connectivity index (χ1v) is 7.32. The van der Waals surface area contributed by atoms with Crippen molar-refractivity contribution in [2.45, 2.75) is 0 Å². The summed E-state index contributed by atoms with van der Waals surface area (Å²) in [6.45, 7) is 0. The van der Waals surface area contributed by atoms with Gasteiger partial charge in [-0.1, -0.05) is 46.4 Å². The Morgan fingerprint density at radius 1 is 1.00 bits per heavy atom. The summed E-state index contributed by atoms with van der Waals surface area (Å²) in [6.07, 6.45) is 2.40. The Kier molecular flexibility index (Phi) is 5.64. The average molecular weight is 396 g/mol. The summed E-state index contributed by atoms with van der Waals surface area (Å²) in [5.74, 6) is -1.96. The number of carbonyl (C=O) groups is 2. The number of aromatic nitrogens is 2. The Bertz CT molecular complexity index is 778. The number of nitrogens with zero attached hydrogens (tertiary/aromatic N) is 2. The molecule has 0 saturated heterocycles. The van der Waals surface area contributed by atoms with Crippen LogP contribution in [0.25, 0.3) is 0 Å². The Labute approximate surface area is 150 Å². The third kappa shape index (κ3) is 3.67. The van der Waals surface area contributed by atoms with Gasteiger partial charge in [0.1, 0.15) is 26.5 Å². The highest BCUT2D eigenvalue weighted by Crippen LogP contribution is 2.33. The van der Waals surface area contributed by atoms with Gasteiger partial charge in [-0.2, -0.15) is 0 Å². The normalized spacial score (nSPS) is 10.3. The van der Waals surface area contributed by atoms with Gasteiger partial charge in [0.25, 0.3) is 0 Å². The van der Waals surface area contributed by atoms with E-state index in [0.29, 0.717) is 0 Å². The SMILES string of the molecule is COC(=O)c1c(Cl)ncc(OC(=O)c2c(Cl)ccnc2Cl)c1Cl. The molecule has 0 aliphatic carbocycles. The molecule has 0 aliphatic heterocycles. The van der Waals surface area contributed by atoms with E-state index in [1.807, 2.05) is 0 Å². The predicted molar refractivity (Wildman–Crippen MR) is 84.8 cm³/mol. The van der Waals surface area contributed by atoms with E-state index >= 15 is 0 Å². The van der Waals surface area contributed by atoms with Gasteiger partial charge in [0.2, 0.25) is 0 Å². The number of methoxy groups -OCH3 is 1. The van der Waals surface area contributed by atoms with Crippen LogP contribution in [0, 0.1) is 0 Å². The lowest BCUT2D eigenvalue weighted by molar-refractivity contribution is 0.0597. The molecule has 0 amide bonds. The monoisotopic (exact) mass is 394 g/mol. The summed E-state index contributed by atoms with van der Waals surface area (Å²) in [4.78, 5) is 31.3. The zero-order valence-corrected chi connectivity index (χ0v) is 14.3. The summed E-state index contributed by atoms with van der Waals surface area (Å²) in [7, 11) is 1.14. The molecule has 2 heterocycles. The summed E-state index contributed by atoms with van der Waals surface area (Å²) in [5, 5.41) is -0.532. The topological polar surface area (TPSA) is 78.4 Å². The van der Waals surface area contributed by atoms with Gasteiger partial charge in [-0.3, -0.25) is 0 Å². The number of rotatable bonds is 3. The van der Waals surface area contributed by atoms with Crippen molar-refractivity contribution in [1.82, 2.24) is 9.97 Å². The molecule has 2 aromatic rings. The van der Waals surface area contributed by atoms with Crippen molar-refractivity contribution in [3.8, 4) is 5.75 Å². The van der Waals surface area contributed by atoms with Crippen LogP contribution in [0.3, 0.4) is 0 Å². The summed E-state index contributed by atoms with van der Waals surface area (Å²) >= 11 is 23.5. The molecule has 0 fully saturated rings. The Balaban J connectivity index is 2.41. The van der Waals surface area contributed by atoms with Crippen molar-refractivity contribution in [3.05, 3.63) is 49.9 Å². The van der Waals surface area contributed by atoms with Crippen LogP contribution < -0.4 is 4.74 Å². The molecule has 2 rings (SSSR count). The second-order valence-electron chi connectivity index (χ2n) is 3.94. The molecule has 0 N–H and O–H groups in total. The minimum atomic E-state index is -0.921. The number of pyridine rings is 2. The number of hydrogen-bond acceptors (Lipinski definition) is 6. The Morgan fingerprint density at radius 2 is 1.65 bits per heavy atom. The minimum Gasteiger partial charge on any atom is -0.465 e.